The van der Waals surface area contributed by atoms with Gasteiger partial charge in [0.1, 0.15) is 0 Å². The van der Waals surface area contributed by atoms with Crippen LogP contribution in [0.1, 0.15) is 18.4 Å². The van der Waals surface area contributed by atoms with E-state index in [0.717, 1.165) is 5.56 Å². The molecule has 0 aliphatic carbocycles. The molecule has 1 atom stereocenters. The minimum absolute atomic E-state index is 0. The van der Waals surface area contributed by atoms with Crippen LogP contribution < -0.4 is 12.4 Å². The molecule has 0 N–H and O–H groups in total. The van der Waals surface area contributed by atoms with Crippen LogP contribution in [-0.4, -0.2) is 29.3 Å². The third-order valence-electron chi connectivity index (χ3n) is 1.48. The fourth-order valence-corrected chi connectivity index (χ4v) is 0.810. The summed E-state index contributed by atoms with van der Waals surface area (Å²) in [6, 6.07) is 9.62. The number of carbonyl (C=O) groups excluding carboxylic acids is 1. The number of rotatable bonds is 2. The van der Waals surface area contributed by atoms with E-state index in [1.54, 1.807) is 0 Å². The van der Waals surface area contributed by atoms with Crippen LogP contribution in [0, 0.1) is 0 Å². The molecule has 0 aliphatic heterocycles. The van der Waals surface area contributed by atoms with Gasteiger partial charge in [-0.3, -0.25) is 6.29 Å². The van der Waals surface area contributed by atoms with Crippen LogP contribution in [-0.2, 0) is 4.79 Å². The molecule has 0 aliphatic rings. The fraction of sp³-hybridized carbons (Fsp3) is 0.222. The zero-order valence-corrected chi connectivity index (χ0v) is 9.13. The number of halogens is 1. The summed E-state index contributed by atoms with van der Waals surface area (Å²) in [4.78, 5) is 10.2. The third kappa shape index (κ3) is 4.09. The van der Waals surface area contributed by atoms with Crippen LogP contribution in [0.15, 0.2) is 30.3 Å². The van der Waals surface area contributed by atoms with Gasteiger partial charge < -0.3 is 17.2 Å². The second kappa shape index (κ2) is 7.59. The monoisotopic (exact) mass is 192 g/mol. The molecule has 1 aromatic rings. The van der Waals surface area contributed by atoms with Crippen molar-refractivity contribution < 1.29 is 17.2 Å². The summed E-state index contributed by atoms with van der Waals surface area (Å²) in [6.07, 6.45) is 1.93. The fourth-order valence-electron chi connectivity index (χ4n) is 0.810. The standard InChI is InChI=1S/C9H9O.ClH.Mg/c1-8(7-10)9-5-3-2-4-6-9;;/h2-6,8H,1H3;1H;/q-1;;+2/p-1. The quantitative estimate of drug-likeness (QED) is 0.413. The van der Waals surface area contributed by atoms with Crippen molar-refractivity contribution in [3.8, 4) is 0 Å². The Morgan fingerprint density at radius 3 is 2.17 bits per heavy atom. The second-order valence-corrected chi connectivity index (χ2v) is 2.25. The molecule has 60 valence electrons. The summed E-state index contributed by atoms with van der Waals surface area (Å²) >= 11 is 0. The Morgan fingerprint density at radius 1 is 1.25 bits per heavy atom. The van der Waals surface area contributed by atoms with Crippen molar-refractivity contribution in [2.24, 2.45) is 0 Å². The van der Waals surface area contributed by atoms with E-state index in [0.29, 0.717) is 0 Å². The van der Waals surface area contributed by atoms with Crippen molar-refractivity contribution in [2.75, 3.05) is 0 Å². The Hall–Kier alpha value is -0.0538. The zero-order chi connectivity index (χ0) is 7.40. The van der Waals surface area contributed by atoms with E-state index in [2.05, 4.69) is 0 Å². The zero-order valence-electron chi connectivity index (χ0n) is 6.96. The van der Waals surface area contributed by atoms with Crippen molar-refractivity contribution in [1.82, 2.24) is 0 Å². The molecular weight excluding hydrogens is 184 g/mol. The molecule has 1 unspecified atom stereocenters. The van der Waals surface area contributed by atoms with Crippen LogP contribution >= 0.6 is 0 Å². The van der Waals surface area contributed by atoms with Gasteiger partial charge in [-0.25, -0.2) is 0 Å². The van der Waals surface area contributed by atoms with Crippen LogP contribution in [0.4, 0.5) is 0 Å². The predicted molar refractivity (Wildman–Crippen MR) is 46.3 cm³/mol. The first kappa shape index (κ1) is 14.5. The Morgan fingerprint density at radius 2 is 1.75 bits per heavy atom. The Labute approximate surface area is 95.1 Å². The number of benzene rings is 1. The second-order valence-electron chi connectivity index (χ2n) is 2.25. The largest absolute Gasteiger partial charge is 2.00 e. The van der Waals surface area contributed by atoms with E-state index >= 15 is 0 Å². The molecule has 0 radical (unpaired) electrons. The van der Waals surface area contributed by atoms with E-state index in [1.807, 2.05) is 43.5 Å². The van der Waals surface area contributed by atoms with Crippen LogP contribution in [0.2, 0.25) is 0 Å². The first-order chi connectivity index (χ1) is 4.84. The van der Waals surface area contributed by atoms with Gasteiger partial charge in [0.05, 0.1) is 0 Å². The molecule has 0 heterocycles. The maximum atomic E-state index is 10.2. The topological polar surface area (TPSA) is 17.1 Å². The molecule has 1 rings (SSSR count). The normalized spacial score (nSPS) is 10.4. The Kier molecular flexibility index (Phi) is 9.15. The van der Waals surface area contributed by atoms with Crippen molar-refractivity contribution in [3.63, 3.8) is 0 Å². The van der Waals surface area contributed by atoms with Crippen molar-refractivity contribution in [3.05, 3.63) is 35.9 Å². The predicted octanol–water partition coefficient (Wildman–Crippen LogP) is -1.48. The van der Waals surface area contributed by atoms with Crippen molar-refractivity contribution in [1.29, 1.82) is 0 Å². The van der Waals surface area contributed by atoms with E-state index in [4.69, 9.17) is 0 Å². The summed E-state index contributed by atoms with van der Waals surface area (Å²) < 4.78 is 0. The van der Waals surface area contributed by atoms with Crippen molar-refractivity contribution in [2.45, 2.75) is 12.8 Å². The minimum atomic E-state index is -0.0961. The minimum Gasteiger partial charge on any atom is -1.00 e. The van der Waals surface area contributed by atoms with Crippen LogP contribution in [0.25, 0.3) is 0 Å². The van der Waals surface area contributed by atoms with E-state index < -0.39 is 0 Å². The first-order valence-corrected chi connectivity index (χ1v) is 3.27. The van der Waals surface area contributed by atoms with Gasteiger partial charge in [-0.15, -0.1) is 5.92 Å². The van der Waals surface area contributed by atoms with Gasteiger partial charge in [0.2, 0.25) is 0 Å². The van der Waals surface area contributed by atoms with Gasteiger partial charge >= 0.3 is 23.1 Å². The summed E-state index contributed by atoms with van der Waals surface area (Å²) in [5.74, 6) is -0.0961. The van der Waals surface area contributed by atoms with Gasteiger partial charge in [0.15, 0.2) is 0 Å². The van der Waals surface area contributed by atoms with Gasteiger partial charge in [-0.1, -0.05) is 42.8 Å². The number of hydrogen-bond donors (Lipinski definition) is 0. The molecule has 0 amide bonds. The Bertz CT molecular complexity index is 213. The molecule has 0 saturated carbocycles. The van der Waals surface area contributed by atoms with E-state index in [9.17, 15) is 4.79 Å². The summed E-state index contributed by atoms with van der Waals surface area (Å²) in [5.41, 5.74) is 1.03. The molecule has 0 bridgehead atoms. The molecule has 1 nitrogen and oxygen atoms in total. The average molecular weight is 193 g/mol. The van der Waals surface area contributed by atoms with Crippen LogP contribution in [0.3, 0.4) is 0 Å². The van der Waals surface area contributed by atoms with Crippen LogP contribution in [0.5, 0.6) is 0 Å². The molecule has 0 aromatic heterocycles. The van der Waals surface area contributed by atoms with E-state index in [-0.39, 0.29) is 41.4 Å². The molecular formula is C9H9ClMgO. The summed E-state index contributed by atoms with van der Waals surface area (Å²) in [5, 5.41) is 0. The molecule has 1 aromatic carbocycles. The molecule has 0 saturated heterocycles. The molecule has 12 heavy (non-hydrogen) atoms. The van der Waals surface area contributed by atoms with Gasteiger partial charge in [0, 0.05) is 0 Å². The maximum absolute atomic E-state index is 10.2. The smallest absolute Gasteiger partial charge is 1.00 e. The van der Waals surface area contributed by atoms with Crippen molar-refractivity contribution >= 4 is 29.3 Å². The first-order valence-electron chi connectivity index (χ1n) is 3.27. The summed E-state index contributed by atoms with van der Waals surface area (Å²) in [6.45, 7) is 1.84. The molecule has 3 heteroatoms. The Balaban J connectivity index is 0. The van der Waals surface area contributed by atoms with E-state index in [1.165, 1.54) is 0 Å². The SMILES string of the molecule is CC([C-]=O)c1ccccc1.[Cl-].[Mg+2]. The molecule has 0 spiro atoms. The van der Waals surface area contributed by atoms with Gasteiger partial charge in [-0.2, -0.15) is 0 Å². The van der Waals surface area contributed by atoms with Gasteiger partial charge in [0.25, 0.3) is 0 Å². The average Bonchev–Trinajstić information content (AvgIpc) is 2.05. The molecule has 0 fully saturated rings. The number of hydrogen-bond acceptors (Lipinski definition) is 1. The summed E-state index contributed by atoms with van der Waals surface area (Å²) in [7, 11) is 0. The van der Waals surface area contributed by atoms with Gasteiger partial charge in [-0.05, 0) is 0 Å². The maximum Gasteiger partial charge on any atom is 2.00 e. The third-order valence-corrected chi connectivity index (χ3v) is 1.48.